The largest absolute Gasteiger partial charge is 0.495 e. The van der Waals surface area contributed by atoms with Crippen LogP contribution in [0.1, 0.15) is 27.3 Å². The maximum atomic E-state index is 12.8. The van der Waals surface area contributed by atoms with Crippen molar-refractivity contribution in [2.24, 2.45) is 0 Å². The number of nitrogens with one attached hydrogen (secondary N) is 2. The minimum Gasteiger partial charge on any atom is -0.495 e. The second-order valence-electron chi connectivity index (χ2n) is 6.97. The summed E-state index contributed by atoms with van der Waals surface area (Å²) in [5, 5.41) is 7.44. The van der Waals surface area contributed by atoms with Crippen LogP contribution in [-0.4, -0.2) is 45.3 Å². The van der Waals surface area contributed by atoms with Crippen LogP contribution in [0.25, 0.3) is 0 Å². The Bertz CT molecular complexity index is 1100. The zero-order valence-electron chi connectivity index (χ0n) is 17.1. The van der Waals surface area contributed by atoms with Gasteiger partial charge >= 0.3 is 0 Å². The molecule has 1 aliphatic rings. The van der Waals surface area contributed by atoms with Crippen molar-refractivity contribution in [1.29, 1.82) is 0 Å². The monoisotopic (exact) mass is 456 g/mol. The summed E-state index contributed by atoms with van der Waals surface area (Å²) in [7, 11) is 1.61. The summed E-state index contributed by atoms with van der Waals surface area (Å²) in [4.78, 5) is 29.9. The number of hydrogen-bond donors (Lipinski definition) is 2. The minimum absolute atomic E-state index is 0.0757. The molecule has 0 bridgehead atoms. The summed E-state index contributed by atoms with van der Waals surface area (Å²) >= 11 is 7.69. The number of anilines is 1. The molecule has 31 heavy (non-hydrogen) atoms. The number of rotatable bonds is 7. The topological polar surface area (TPSA) is 102 Å². The van der Waals surface area contributed by atoms with E-state index in [9.17, 15) is 4.79 Å². The van der Waals surface area contributed by atoms with Gasteiger partial charge in [-0.1, -0.05) is 23.4 Å². The number of aromatic nitrogens is 4. The normalized spacial score (nSPS) is 14.7. The van der Waals surface area contributed by atoms with E-state index in [2.05, 4.69) is 30.6 Å². The molecule has 1 amide bonds. The third kappa shape index (κ3) is 4.88. The summed E-state index contributed by atoms with van der Waals surface area (Å²) in [5.41, 5.74) is 2.71. The van der Waals surface area contributed by atoms with Gasteiger partial charge in [-0.2, -0.15) is 0 Å². The number of amides is 1. The smallest absolute Gasteiger partial charge is 0.256 e. The molecule has 1 unspecified atom stereocenters. The van der Waals surface area contributed by atoms with Crippen molar-refractivity contribution in [1.82, 2.24) is 25.3 Å². The number of nitrogens with zero attached hydrogens (tertiary/aromatic N) is 4. The SMILES string of the molecule is COc1cc2c(cc1Cl)CC(Nc1nc(SC)ncc1C(=O)NCc1ncccn1)C2. The van der Waals surface area contributed by atoms with Crippen molar-refractivity contribution in [2.75, 3.05) is 18.7 Å². The Hall–Kier alpha value is -2.91. The molecule has 1 aliphatic carbocycles. The molecule has 0 saturated carbocycles. The number of ether oxygens (including phenoxy) is 1. The highest BCUT2D eigenvalue weighted by Gasteiger charge is 2.25. The Labute approximate surface area is 189 Å². The molecule has 0 saturated heterocycles. The number of carbonyl (C=O) groups is 1. The van der Waals surface area contributed by atoms with Crippen LogP contribution < -0.4 is 15.4 Å². The fraction of sp³-hybridized carbons (Fsp3) is 0.286. The lowest BCUT2D eigenvalue weighted by molar-refractivity contribution is 0.0949. The molecule has 0 aliphatic heterocycles. The van der Waals surface area contributed by atoms with Gasteiger partial charge in [-0.25, -0.2) is 19.9 Å². The van der Waals surface area contributed by atoms with E-state index in [1.54, 1.807) is 31.8 Å². The molecule has 4 rings (SSSR count). The Morgan fingerprint density at radius 2 is 1.97 bits per heavy atom. The number of hydrogen-bond acceptors (Lipinski definition) is 8. The Morgan fingerprint density at radius 1 is 1.23 bits per heavy atom. The van der Waals surface area contributed by atoms with Gasteiger partial charge in [0.1, 0.15) is 23.0 Å². The highest BCUT2D eigenvalue weighted by molar-refractivity contribution is 7.98. The molecule has 2 heterocycles. The van der Waals surface area contributed by atoms with Crippen LogP contribution in [0.4, 0.5) is 5.82 Å². The van der Waals surface area contributed by atoms with Crippen molar-refractivity contribution in [3.05, 3.63) is 64.3 Å². The van der Waals surface area contributed by atoms with Crippen LogP contribution in [0.15, 0.2) is 41.9 Å². The van der Waals surface area contributed by atoms with Crippen LogP contribution in [0.2, 0.25) is 5.02 Å². The van der Waals surface area contributed by atoms with Crippen molar-refractivity contribution in [2.45, 2.75) is 30.6 Å². The summed E-state index contributed by atoms with van der Waals surface area (Å²) in [6.07, 6.45) is 8.26. The number of fused-ring (bicyclic) bond motifs is 1. The quantitative estimate of drug-likeness (QED) is 0.413. The summed E-state index contributed by atoms with van der Waals surface area (Å²) in [6, 6.07) is 5.72. The van der Waals surface area contributed by atoms with Crippen LogP contribution in [-0.2, 0) is 19.4 Å². The average Bonchev–Trinajstić information content (AvgIpc) is 3.18. The van der Waals surface area contributed by atoms with Crippen LogP contribution >= 0.6 is 23.4 Å². The molecule has 1 aromatic carbocycles. The highest BCUT2D eigenvalue weighted by atomic mass is 35.5. The van der Waals surface area contributed by atoms with E-state index in [0.29, 0.717) is 33.1 Å². The molecule has 0 spiro atoms. The van der Waals surface area contributed by atoms with Gasteiger partial charge in [0, 0.05) is 24.6 Å². The van der Waals surface area contributed by atoms with E-state index in [1.165, 1.54) is 17.3 Å². The third-order valence-corrected chi connectivity index (χ3v) is 5.82. The first-order valence-corrected chi connectivity index (χ1v) is 11.2. The molecule has 10 heteroatoms. The zero-order valence-corrected chi connectivity index (χ0v) is 18.6. The fourth-order valence-electron chi connectivity index (χ4n) is 3.49. The lowest BCUT2D eigenvalue weighted by Crippen LogP contribution is -2.28. The van der Waals surface area contributed by atoms with Gasteiger partial charge in [0.25, 0.3) is 5.91 Å². The molecule has 0 radical (unpaired) electrons. The van der Waals surface area contributed by atoms with Gasteiger partial charge in [-0.05, 0) is 48.4 Å². The highest BCUT2D eigenvalue weighted by Crippen LogP contribution is 2.34. The molecule has 8 nitrogen and oxygen atoms in total. The fourth-order valence-corrected chi connectivity index (χ4v) is 4.09. The Morgan fingerprint density at radius 3 is 2.68 bits per heavy atom. The van der Waals surface area contributed by atoms with Gasteiger partial charge < -0.3 is 15.4 Å². The first-order valence-electron chi connectivity index (χ1n) is 9.64. The second-order valence-corrected chi connectivity index (χ2v) is 8.15. The lowest BCUT2D eigenvalue weighted by atomic mass is 10.1. The van der Waals surface area contributed by atoms with Crippen LogP contribution in [0.3, 0.4) is 0 Å². The molecular formula is C21H21ClN6O2S. The van der Waals surface area contributed by atoms with E-state index in [-0.39, 0.29) is 18.5 Å². The third-order valence-electron chi connectivity index (χ3n) is 4.97. The Kier molecular flexibility index (Phi) is 6.53. The second kappa shape index (κ2) is 9.49. The van der Waals surface area contributed by atoms with E-state index >= 15 is 0 Å². The van der Waals surface area contributed by atoms with E-state index in [0.717, 1.165) is 18.4 Å². The molecule has 0 fully saturated rings. The maximum absolute atomic E-state index is 12.8. The number of halogens is 1. The van der Waals surface area contributed by atoms with Gasteiger partial charge in [0.2, 0.25) is 0 Å². The van der Waals surface area contributed by atoms with Crippen molar-refractivity contribution < 1.29 is 9.53 Å². The van der Waals surface area contributed by atoms with Crippen molar-refractivity contribution in [3.8, 4) is 5.75 Å². The van der Waals surface area contributed by atoms with Crippen LogP contribution in [0.5, 0.6) is 5.75 Å². The molecule has 160 valence electrons. The average molecular weight is 457 g/mol. The predicted octanol–water partition coefficient (Wildman–Crippen LogP) is 3.16. The zero-order chi connectivity index (χ0) is 21.8. The van der Waals surface area contributed by atoms with Crippen molar-refractivity contribution >= 4 is 35.1 Å². The molecule has 1 atom stereocenters. The minimum atomic E-state index is -0.289. The van der Waals surface area contributed by atoms with Crippen LogP contribution in [0, 0.1) is 0 Å². The van der Waals surface area contributed by atoms with Gasteiger partial charge in [0.05, 0.1) is 18.7 Å². The van der Waals surface area contributed by atoms with E-state index in [1.807, 2.05) is 18.4 Å². The molecule has 2 N–H and O–H groups in total. The van der Waals surface area contributed by atoms with E-state index < -0.39 is 0 Å². The predicted molar refractivity (Wildman–Crippen MR) is 120 cm³/mol. The number of methoxy groups -OCH3 is 1. The number of carbonyl (C=O) groups excluding carboxylic acids is 1. The van der Waals surface area contributed by atoms with E-state index in [4.69, 9.17) is 16.3 Å². The lowest BCUT2D eigenvalue weighted by Gasteiger charge is -2.16. The Balaban J connectivity index is 1.51. The standard InChI is InChI=1S/C21H21ClN6O2S/c1-30-17-9-13-7-14(6-12(13)8-16(17)22)27-19-15(10-26-21(28-19)31-2)20(29)25-11-18-23-4-3-5-24-18/h3-5,8-10,14H,6-7,11H2,1-2H3,(H,25,29)(H,26,27,28). The van der Waals surface area contributed by atoms with Gasteiger partial charge in [-0.3, -0.25) is 4.79 Å². The maximum Gasteiger partial charge on any atom is 0.256 e. The molecule has 2 aromatic heterocycles. The first kappa shape index (κ1) is 21.3. The van der Waals surface area contributed by atoms with Gasteiger partial charge in [-0.15, -0.1) is 0 Å². The summed E-state index contributed by atoms with van der Waals surface area (Å²) in [6.45, 7) is 0.219. The van der Waals surface area contributed by atoms with Crippen molar-refractivity contribution in [3.63, 3.8) is 0 Å². The van der Waals surface area contributed by atoms with Gasteiger partial charge in [0.15, 0.2) is 5.16 Å². The number of thioether (sulfide) groups is 1. The molecule has 3 aromatic rings. The summed E-state index contributed by atoms with van der Waals surface area (Å²) in [5.74, 6) is 1.41. The summed E-state index contributed by atoms with van der Waals surface area (Å²) < 4.78 is 5.33. The first-order chi connectivity index (χ1) is 15.1. The number of benzene rings is 1. The molecular weight excluding hydrogens is 436 g/mol.